The van der Waals surface area contributed by atoms with Gasteiger partial charge in [0.25, 0.3) is 5.91 Å². The molecule has 1 aliphatic carbocycles. The summed E-state index contributed by atoms with van der Waals surface area (Å²) in [6.07, 6.45) is 3.08. The lowest BCUT2D eigenvalue weighted by molar-refractivity contribution is -0.135. The summed E-state index contributed by atoms with van der Waals surface area (Å²) in [6, 6.07) is 10.3. The summed E-state index contributed by atoms with van der Waals surface area (Å²) in [4.78, 5) is 12.8. The SMILES string of the molecule is CN1N=C2C3(CC3)CNCC2(Cc2ccccc2)C1=O. The van der Waals surface area contributed by atoms with Gasteiger partial charge in [-0.3, -0.25) is 4.79 Å². The van der Waals surface area contributed by atoms with Crippen molar-refractivity contribution in [1.29, 1.82) is 0 Å². The quantitative estimate of drug-likeness (QED) is 0.882. The lowest BCUT2D eigenvalue weighted by Gasteiger charge is -2.37. The topological polar surface area (TPSA) is 44.7 Å². The number of rotatable bonds is 2. The van der Waals surface area contributed by atoms with Crippen LogP contribution in [0.4, 0.5) is 0 Å². The summed E-state index contributed by atoms with van der Waals surface area (Å²) in [5.74, 6) is 0.148. The van der Waals surface area contributed by atoms with E-state index in [9.17, 15) is 4.79 Å². The number of hydrazone groups is 1. The van der Waals surface area contributed by atoms with Gasteiger partial charge in [-0.2, -0.15) is 5.10 Å². The fraction of sp³-hybridized carbons (Fsp3) is 0.500. The van der Waals surface area contributed by atoms with Gasteiger partial charge in [-0.25, -0.2) is 5.01 Å². The first kappa shape index (κ1) is 12.1. The molecule has 1 aromatic rings. The molecule has 1 saturated carbocycles. The number of benzene rings is 1. The number of amides is 1. The summed E-state index contributed by atoms with van der Waals surface area (Å²) < 4.78 is 0. The van der Waals surface area contributed by atoms with E-state index in [1.54, 1.807) is 12.1 Å². The van der Waals surface area contributed by atoms with Crippen molar-refractivity contribution >= 4 is 11.6 Å². The highest BCUT2D eigenvalue weighted by Gasteiger charge is 2.63. The highest BCUT2D eigenvalue weighted by atomic mass is 16.2. The highest BCUT2D eigenvalue weighted by molar-refractivity contribution is 6.16. The van der Waals surface area contributed by atoms with Crippen molar-refractivity contribution in [3.63, 3.8) is 0 Å². The van der Waals surface area contributed by atoms with Crippen molar-refractivity contribution < 1.29 is 4.79 Å². The number of carbonyl (C=O) groups is 1. The Kier molecular flexibility index (Phi) is 2.37. The smallest absolute Gasteiger partial charge is 0.256 e. The Morgan fingerprint density at radius 3 is 2.70 bits per heavy atom. The third kappa shape index (κ3) is 1.51. The second kappa shape index (κ2) is 3.92. The summed E-state index contributed by atoms with van der Waals surface area (Å²) in [5, 5.41) is 9.69. The van der Waals surface area contributed by atoms with Crippen LogP contribution in [0.2, 0.25) is 0 Å². The minimum Gasteiger partial charge on any atom is -0.314 e. The van der Waals surface area contributed by atoms with Gasteiger partial charge in [0.05, 0.1) is 5.71 Å². The van der Waals surface area contributed by atoms with Crippen molar-refractivity contribution in [2.75, 3.05) is 20.1 Å². The predicted molar refractivity (Wildman–Crippen MR) is 77.3 cm³/mol. The molecule has 0 bridgehead atoms. The van der Waals surface area contributed by atoms with Crippen LogP contribution in [0.5, 0.6) is 0 Å². The standard InChI is InChI=1S/C16H19N3O/c1-19-14(20)16(9-12-5-3-2-4-6-12)11-17-10-15(7-8-15)13(16)18-19/h2-6,17H,7-11H2,1H3. The van der Waals surface area contributed by atoms with Crippen LogP contribution in [0.1, 0.15) is 18.4 Å². The van der Waals surface area contributed by atoms with Gasteiger partial charge in [0.2, 0.25) is 0 Å². The van der Waals surface area contributed by atoms with Gasteiger partial charge in [-0.05, 0) is 24.8 Å². The van der Waals surface area contributed by atoms with Crippen LogP contribution < -0.4 is 5.32 Å². The van der Waals surface area contributed by atoms with E-state index in [2.05, 4.69) is 22.6 Å². The van der Waals surface area contributed by atoms with Gasteiger partial charge in [-0.1, -0.05) is 30.3 Å². The van der Waals surface area contributed by atoms with E-state index in [-0.39, 0.29) is 11.3 Å². The Hall–Kier alpha value is -1.68. The summed E-state index contributed by atoms with van der Waals surface area (Å²) in [5.41, 5.74) is 2.06. The molecule has 1 spiro atoms. The Morgan fingerprint density at radius 2 is 2.00 bits per heavy atom. The Balaban J connectivity index is 1.77. The maximum absolute atomic E-state index is 12.8. The van der Waals surface area contributed by atoms with E-state index >= 15 is 0 Å². The molecule has 4 rings (SSSR count). The molecular formula is C16H19N3O. The fourth-order valence-electron chi connectivity index (χ4n) is 3.80. The third-order valence-electron chi connectivity index (χ3n) is 5.00. The molecule has 4 nitrogen and oxygen atoms in total. The van der Waals surface area contributed by atoms with E-state index in [1.165, 1.54) is 5.56 Å². The van der Waals surface area contributed by atoms with Gasteiger partial charge in [-0.15, -0.1) is 0 Å². The van der Waals surface area contributed by atoms with Crippen LogP contribution in [0, 0.1) is 10.8 Å². The largest absolute Gasteiger partial charge is 0.314 e. The monoisotopic (exact) mass is 269 g/mol. The zero-order valence-electron chi connectivity index (χ0n) is 11.7. The Bertz CT molecular complexity index is 591. The Labute approximate surface area is 118 Å². The van der Waals surface area contributed by atoms with Crippen LogP contribution in [0.15, 0.2) is 35.4 Å². The molecule has 104 valence electrons. The first-order chi connectivity index (χ1) is 9.66. The molecule has 1 N–H and O–H groups in total. The van der Waals surface area contributed by atoms with Gasteiger partial charge >= 0.3 is 0 Å². The van der Waals surface area contributed by atoms with Gasteiger partial charge in [0, 0.05) is 25.6 Å². The molecule has 1 saturated heterocycles. The molecule has 0 aromatic heterocycles. The minimum atomic E-state index is -0.454. The highest BCUT2D eigenvalue weighted by Crippen LogP contribution is 2.55. The van der Waals surface area contributed by atoms with Gasteiger partial charge in [0.15, 0.2) is 0 Å². The van der Waals surface area contributed by atoms with Crippen molar-refractivity contribution in [2.45, 2.75) is 19.3 Å². The number of hydrogen-bond acceptors (Lipinski definition) is 3. The molecule has 2 aliphatic heterocycles. The average Bonchev–Trinajstić information content (AvgIpc) is 3.18. The zero-order valence-corrected chi connectivity index (χ0v) is 11.7. The van der Waals surface area contributed by atoms with E-state index in [1.807, 2.05) is 18.2 Å². The van der Waals surface area contributed by atoms with E-state index < -0.39 is 5.41 Å². The number of fused-ring (bicyclic) bond motifs is 2. The van der Waals surface area contributed by atoms with E-state index in [0.717, 1.165) is 31.5 Å². The normalized spacial score (nSPS) is 30.4. The molecule has 1 atom stereocenters. The fourth-order valence-corrected chi connectivity index (χ4v) is 3.80. The number of hydrogen-bond donors (Lipinski definition) is 1. The molecule has 2 heterocycles. The van der Waals surface area contributed by atoms with Crippen molar-refractivity contribution in [3.8, 4) is 0 Å². The molecule has 1 aromatic carbocycles. The van der Waals surface area contributed by atoms with Crippen molar-refractivity contribution in [3.05, 3.63) is 35.9 Å². The summed E-state index contributed by atoms with van der Waals surface area (Å²) >= 11 is 0. The van der Waals surface area contributed by atoms with Crippen molar-refractivity contribution in [2.24, 2.45) is 15.9 Å². The number of nitrogens with zero attached hydrogens (tertiary/aromatic N) is 2. The molecule has 1 unspecified atom stereocenters. The Morgan fingerprint density at radius 1 is 1.25 bits per heavy atom. The van der Waals surface area contributed by atoms with Crippen LogP contribution in [0.25, 0.3) is 0 Å². The average molecular weight is 269 g/mol. The number of piperidine rings is 1. The maximum atomic E-state index is 12.8. The maximum Gasteiger partial charge on any atom is 0.256 e. The first-order valence-corrected chi connectivity index (χ1v) is 7.29. The second-order valence-electron chi connectivity index (χ2n) is 6.41. The van der Waals surface area contributed by atoms with E-state index in [0.29, 0.717) is 6.54 Å². The van der Waals surface area contributed by atoms with Crippen LogP contribution >= 0.6 is 0 Å². The molecular weight excluding hydrogens is 250 g/mol. The van der Waals surface area contributed by atoms with Crippen LogP contribution in [0.3, 0.4) is 0 Å². The van der Waals surface area contributed by atoms with Gasteiger partial charge < -0.3 is 5.32 Å². The molecule has 0 radical (unpaired) electrons. The zero-order chi connectivity index (χ0) is 13.8. The lowest BCUT2D eigenvalue weighted by Crippen LogP contribution is -2.57. The van der Waals surface area contributed by atoms with Gasteiger partial charge in [0.1, 0.15) is 5.41 Å². The minimum absolute atomic E-state index is 0.148. The predicted octanol–water partition coefficient (Wildman–Crippen LogP) is 1.43. The molecule has 3 aliphatic rings. The second-order valence-corrected chi connectivity index (χ2v) is 6.41. The number of carbonyl (C=O) groups excluding carboxylic acids is 1. The van der Waals surface area contributed by atoms with E-state index in [4.69, 9.17) is 0 Å². The number of nitrogens with one attached hydrogen (secondary N) is 1. The molecule has 1 amide bonds. The molecule has 2 fully saturated rings. The van der Waals surface area contributed by atoms with Crippen molar-refractivity contribution in [1.82, 2.24) is 10.3 Å². The lowest BCUT2D eigenvalue weighted by atomic mass is 9.69. The molecule has 4 heteroatoms. The summed E-state index contributed by atoms with van der Waals surface area (Å²) in [7, 11) is 1.79. The third-order valence-corrected chi connectivity index (χ3v) is 5.00. The van der Waals surface area contributed by atoms with Crippen LogP contribution in [-0.4, -0.2) is 36.8 Å². The first-order valence-electron chi connectivity index (χ1n) is 7.29. The molecule has 20 heavy (non-hydrogen) atoms. The summed E-state index contributed by atoms with van der Waals surface area (Å²) in [6.45, 7) is 1.69. The van der Waals surface area contributed by atoms with Crippen LogP contribution in [-0.2, 0) is 11.2 Å².